The summed E-state index contributed by atoms with van der Waals surface area (Å²) in [5.74, 6) is 1.76. The van der Waals surface area contributed by atoms with Gasteiger partial charge in [-0.05, 0) is 52.6 Å². The lowest BCUT2D eigenvalue weighted by atomic mass is 9.85. The molecule has 4 aromatic carbocycles. The number of esters is 1. The van der Waals surface area contributed by atoms with Crippen LogP contribution in [0.25, 0.3) is 22.1 Å². The van der Waals surface area contributed by atoms with E-state index in [1.54, 1.807) is 19.2 Å². The predicted octanol–water partition coefficient (Wildman–Crippen LogP) is 6.47. The van der Waals surface area contributed by atoms with Crippen LogP contribution in [0.1, 0.15) is 34.6 Å². The summed E-state index contributed by atoms with van der Waals surface area (Å²) in [6.07, 6.45) is 3.23. The van der Waals surface area contributed by atoms with E-state index < -0.39 is 5.92 Å². The highest BCUT2D eigenvalue weighted by molar-refractivity contribution is 5.90. The summed E-state index contributed by atoms with van der Waals surface area (Å²) in [5, 5.41) is 0.433. The fourth-order valence-corrected chi connectivity index (χ4v) is 5.85. The second kappa shape index (κ2) is 10.7. The smallest absolute Gasteiger partial charge is 0.312 e. The Kier molecular flexibility index (Phi) is 6.62. The molecule has 0 amide bonds. The van der Waals surface area contributed by atoms with Gasteiger partial charge in [0.2, 0.25) is 5.43 Å². The second-order valence-corrected chi connectivity index (χ2v) is 10.5. The topological polar surface area (TPSA) is 84.2 Å². The van der Waals surface area contributed by atoms with Crippen LogP contribution in [0.4, 0.5) is 0 Å². The lowest BCUT2D eigenvalue weighted by molar-refractivity contribution is -0.135. The van der Waals surface area contributed by atoms with Crippen LogP contribution >= 0.6 is 0 Å². The zero-order valence-electron chi connectivity index (χ0n) is 23.1. The van der Waals surface area contributed by atoms with Crippen LogP contribution in [-0.2, 0) is 17.6 Å². The maximum atomic E-state index is 13.5. The van der Waals surface area contributed by atoms with Crippen molar-refractivity contribution >= 4 is 16.9 Å². The van der Waals surface area contributed by atoms with Gasteiger partial charge in [-0.1, -0.05) is 48.5 Å². The highest BCUT2D eigenvalue weighted by atomic mass is 16.5. The molecule has 2 aliphatic heterocycles. The first-order valence-electron chi connectivity index (χ1n) is 14.0. The summed E-state index contributed by atoms with van der Waals surface area (Å²) < 4.78 is 29.2. The second-order valence-electron chi connectivity index (χ2n) is 10.5. The van der Waals surface area contributed by atoms with Gasteiger partial charge >= 0.3 is 5.97 Å². The molecule has 7 heteroatoms. The van der Waals surface area contributed by atoms with Crippen LogP contribution in [0.2, 0.25) is 0 Å². The van der Waals surface area contributed by atoms with Crippen molar-refractivity contribution < 1.29 is 28.2 Å². The molecule has 7 rings (SSSR count). The summed E-state index contributed by atoms with van der Waals surface area (Å²) in [6.45, 7) is 1.17. The average Bonchev–Trinajstić information content (AvgIpc) is 3.49. The molecule has 0 saturated heterocycles. The Bertz CT molecular complexity index is 1870. The molecule has 2 aliphatic rings. The predicted molar refractivity (Wildman–Crippen MR) is 158 cm³/mol. The Hall–Kier alpha value is -5.04. The number of carbonyl (C=O) groups is 1. The summed E-state index contributed by atoms with van der Waals surface area (Å²) in [6, 6.07) is 24.7. The standard InChI is InChI=1S/C35H28O7/c1-38-29-11-8-23(18-31(29)40-15-13-21-7-10-28-24(17-21)14-16-39-28)26-19-32(36)42-30-12-9-25-34(37)27(20-41-35(25)33(26)30)22-5-3-2-4-6-22/h2-12,17-18,20,26H,13-16,19H2,1H3/t26-/m1/s1. The molecule has 7 nitrogen and oxygen atoms in total. The molecule has 0 N–H and O–H groups in total. The van der Waals surface area contributed by atoms with E-state index in [4.69, 9.17) is 23.4 Å². The number of methoxy groups -OCH3 is 1. The summed E-state index contributed by atoms with van der Waals surface area (Å²) in [5.41, 5.74) is 5.43. The van der Waals surface area contributed by atoms with Crippen molar-refractivity contribution in [1.29, 1.82) is 0 Å². The number of hydrogen-bond donors (Lipinski definition) is 0. The molecule has 3 heterocycles. The highest BCUT2D eigenvalue weighted by Gasteiger charge is 2.33. The minimum Gasteiger partial charge on any atom is -0.493 e. The molecular formula is C35H28O7. The van der Waals surface area contributed by atoms with Crippen molar-refractivity contribution in [2.24, 2.45) is 0 Å². The Labute approximate surface area is 242 Å². The van der Waals surface area contributed by atoms with E-state index in [9.17, 15) is 9.59 Å². The van der Waals surface area contributed by atoms with E-state index in [-0.39, 0.29) is 17.8 Å². The fourth-order valence-electron chi connectivity index (χ4n) is 5.85. The van der Waals surface area contributed by atoms with Crippen molar-refractivity contribution in [2.75, 3.05) is 20.3 Å². The third kappa shape index (κ3) is 4.67. The van der Waals surface area contributed by atoms with Crippen molar-refractivity contribution in [3.8, 4) is 34.1 Å². The Morgan fingerprint density at radius 1 is 0.905 bits per heavy atom. The van der Waals surface area contributed by atoms with Gasteiger partial charge in [-0.15, -0.1) is 0 Å². The van der Waals surface area contributed by atoms with Gasteiger partial charge in [0.25, 0.3) is 0 Å². The van der Waals surface area contributed by atoms with Crippen molar-refractivity contribution in [3.63, 3.8) is 0 Å². The zero-order valence-corrected chi connectivity index (χ0v) is 23.1. The van der Waals surface area contributed by atoms with E-state index in [1.165, 1.54) is 17.4 Å². The number of ether oxygens (including phenoxy) is 4. The number of fused-ring (bicyclic) bond motifs is 4. The van der Waals surface area contributed by atoms with E-state index >= 15 is 0 Å². The number of benzene rings is 4. The Morgan fingerprint density at radius 3 is 2.62 bits per heavy atom. The first-order valence-corrected chi connectivity index (χ1v) is 14.0. The van der Waals surface area contributed by atoms with Crippen molar-refractivity contribution in [2.45, 2.75) is 25.2 Å². The van der Waals surface area contributed by atoms with Gasteiger partial charge in [0, 0.05) is 24.3 Å². The molecule has 1 aromatic heterocycles. The molecule has 210 valence electrons. The largest absolute Gasteiger partial charge is 0.493 e. The number of hydrogen-bond acceptors (Lipinski definition) is 7. The SMILES string of the molecule is COc1ccc([C@H]2CC(=O)Oc3ccc4c(=O)c(-c5ccccc5)coc4c32)cc1OCCc1ccc2c(c1)CCO2. The van der Waals surface area contributed by atoms with Crippen LogP contribution in [0.5, 0.6) is 23.0 Å². The third-order valence-corrected chi connectivity index (χ3v) is 7.96. The van der Waals surface area contributed by atoms with Gasteiger partial charge in [0.05, 0.1) is 37.7 Å². The van der Waals surface area contributed by atoms with E-state index in [2.05, 4.69) is 12.1 Å². The molecule has 42 heavy (non-hydrogen) atoms. The minimum absolute atomic E-state index is 0.0965. The fraction of sp³-hybridized carbons (Fsp3) is 0.200. The molecule has 0 saturated carbocycles. The van der Waals surface area contributed by atoms with E-state index in [1.807, 2.05) is 54.6 Å². The quantitative estimate of drug-likeness (QED) is 0.167. The molecule has 0 bridgehead atoms. The summed E-state index contributed by atoms with van der Waals surface area (Å²) >= 11 is 0. The van der Waals surface area contributed by atoms with Gasteiger partial charge < -0.3 is 23.4 Å². The molecule has 0 radical (unpaired) electrons. The molecule has 0 aliphatic carbocycles. The molecular weight excluding hydrogens is 532 g/mol. The normalized spacial score (nSPS) is 15.5. The van der Waals surface area contributed by atoms with Gasteiger partial charge in [-0.25, -0.2) is 0 Å². The van der Waals surface area contributed by atoms with Crippen molar-refractivity contribution in [3.05, 3.63) is 118 Å². The van der Waals surface area contributed by atoms with Crippen LogP contribution in [0, 0.1) is 0 Å². The maximum absolute atomic E-state index is 13.5. The lowest BCUT2D eigenvalue weighted by Crippen LogP contribution is -2.22. The van der Waals surface area contributed by atoms with Gasteiger partial charge in [-0.2, -0.15) is 0 Å². The van der Waals surface area contributed by atoms with E-state index in [0.29, 0.717) is 46.0 Å². The lowest BCUT2D eigenvalue weighted by Gasteiger charge is -2.26. The van der Waals surface area contributed by atoms with Crippen molar-refractivity contribution in [1.82, 2.24) is 0 Å². The monoisotopic (exact) mass is 560 g/mol. The first kappa shape index (κ1) is 25.9. The van der Waals surface area contributed by atoms with Gasteiger partial charge in [0.1, 0.15) is 23.3 Å². The average molecular weight is 561 g/mol. The van der Waals surface area contributed by atoms with Gasteiger partial charge in [0.15, 0.2) is 11.5 Å². The van der Waals surface area contributed by atoms with Crippen LogP contribution in [0.15, 0.2) is 94.3 Å². The first-order chi connectivity index (χ1) is 20.6. The molecule has 0 fully saturated rings. The highest BCUT2D eigenvalue weighted by Crippen LogP contribution is 2.44. The number of rotatable bonds is 7. The third-order valence-electron chi connectivity index (χ3n) is 7.96. The molecule has 5 aromatic rings. The minimum atomic E-state index is -0.402. The van der Waals surface area contributed by atoms with Crippen LogP contribution in [-0.4, -0.2) is 26.3 Å². The maximum Gasteiger partial charge on any atom is 0.312 e. The zero-order chi connectivity index (χ0) is 28.6. The molecule has 0 unspecified atom stereocenters. The summed E-state index contributed by atoms with van der Waals surface area (Å²) in [7, 11) is 1.60. The summed E-state index contributed by atoms with van der Waals surface area (Å²) in [4.78, 5) is 26.2. The number of carbonyl (C=O) groups excluding carboxylic acids is 1. The molecule has 1 atom stereocenters. The van der Waals surface area contributed by atoms with Crippen LogP contribution < -0.4 is 24.4 Å². The molecule has 0 spiro atoms. The Morgan fingerprint density at radius 2 is 1.76 bits per heavy atom. The Balaban J connectivity index is 1.22. The van der Waals surface area contributed by atoms with Crippen LogP contribution in [0.3, 0.4) is 0 Å². The van der Waals surface area contributed by atoms with Gasteiger partial charge in [-0.3, -0.25) is 9.59 Å². The van der Waals surface area contributed by atoms with E-state index in [0.717, 1.165) is 36.3 Å².